The van der Waals surface area contributed by atoms with Gasteiger partial charge >= 0.3 is 0 Å². The summed E-state index contributed by atoms with van der Waals surface area (Å²) in [4.78, 5) is 28.1. The predicted molar refractivity (Wildman–Crippen MR) is 104 cm³/mol. The highest BCUT2D eigenvalue weighted by Gasteiger charge is 2.18. The van der Waals surface area contributed by atoms with Gasteiger partial charge in [-0.1, -0.05) is 12.1 Å². The molecule has 142 valence electrons. The lowest BCUT2D eigenvalue weighted by Crippen LogP contribution is -2.48. The molecule has 2 heterocycles. The summed E-state index contributed by atoms with van der Waals surface area (Å²) in [6.07, 6.45) is 0.159. The highest BCUT2D eigenvalue weighted by Crippen LogP contribution is 2.17. The van der Waals surface area contributed by atoms with Gasteiger partial charge in [0.25, 0.3) is 5.91 Å². The Hall–Kier alpha value is -1.74. The van der Waals surface area contributed by atoms with Crippen molar-refractivity contribution >= 4 is 53.1 Å². The summed E-state index contributed by atoms with van der Waals surface area (Å²) in [5.41, 5.74) is 0.536. The molecule has 0 aliphatic carbocycles. The second-order valence-electron chi connectivity index (χ2n) is 5.58. The second kappa shape index (κ2) is 10.4. The Balaban J connectivity index is 0.00000169. The van der Waals surface area contributed by atoms with E-state index in [-0.39, 0.29) is 42.7 Å². The number of benzene rings is 1. The molecule has 1 aromatic heterocycles. The Bertz CT molecular complexity index is 755. The van der Waals surface area contributed by atoms with Gasteiger partial charge in [0.05, 0.1) is 17.7 Å². The van der Waals surface area contributed by atoms with Crippen LogP contribution in [0.5, 0.6) is 0 Å². The largest absolute Gasteiger partial charge is 0.355 e. The van der Waals surface area contributed by atoms with Crippen molar-refractivity contribution < 1.29 is 14.0 Å². The average Bonchev–Trinajstić information content (AvgIpc) is 2.93. The van der Waals surface area contributed by atoms with Gasteiger partial charge in [0, 0.05) is 30.9 Å². The maximum atomic E-state index is 13.6. The normalized spacial score (nSPS) is 13.0. The van der Waals surface area contributed by atoms with Gasteiger partial charge in [0.1, 0.15) is 5.82 Å². The first-order valence-electron chi connectivity index (χ1n) is 7.59. The Kier molecular flexibility index (Phi) is 8.94. The second-order valence-corrected chi connectivity index (χ2v) is 6.44. The van der Waals surface area contributed by atoms with Crippen molar-refractivity contribution in [2.24, 2.45) is 5.92 Å². The molecule has 1 aliphatic heterocycles. The van der Waals surface area contributed by atoms with E-state index in [0.29, 0.717) is 23.3 Å². The molecule has 0 atom stereocenters. The fourth-order valence-corrected chi connectivity index (χ4v) is 2.94. The van der Waals surface area contributed by atoms with Gasteiger partial charge in [-0.2, -0.15) is 0 Å². The smallest absolute Gasteiger partial charge is 0.260 e. The molecule has 26 heavy (non-hydrogen) atoms. The fourth-order valence-electron chi connectivity index (χ4n) is 2.23. The summed E-state index contributed by atoms with van der Waals surface area (Å²) in [6, 6.07) is 5.74. The van der Waals surface area contributed by atoms with E-state index in [4.69, 9.17) is 0 Å². The first-order valence-corrected chi connectivity index (χ1v) is 8.47. The Labute approximate surface area is 166 Å². The molecule has 10 heteroatoms. The van der Waals surface area contributed by atoms with Crippen LogP contribution < -0.4 is 16.0 Å². The van der Waals surface area contributed by atoms with Gasteiger partial charge in [-0.15, -0.1) is 36.2 Å². The third-order valence-electron chi connectivity index (χ3n) is 3.69. The summed E-state index contributed by atoms with van der Waals surface area (Å²) in [5, 5.41) is 10.6. The number of carbonyl (C=O) groups is 2. The van der Waals surface area contributed by atoms with E-state index in [2.05, 4.69) is 20.9 Å². The third kappa shape index (κ3) is 5.91. The number of rotatable bonds is 6. The van der Waals surface area contributed by atoms with Crippen LogP contribution in [0.3, 0.4) is 0 Å². The van der Waals surface area contributed by atoms with Gasteiger partial charge < -0.3 is 10.6 Å². The SMILES string of the molecule is Cl.Cl.O=C(Cc1csc(NC(=O)c2ccccc2F)n1)NCC1CNC1. The summed E-state index contributed by atoms with van der Waals surface area (Å²) in [6.45, 7) is 2.53. The number of thiazole rings is 1. The molecule has 0 unspecified atom stereocenters. The number of nitrogens with one attached hydrogen (secondary N) is 3. The maximum absolute atomic E-state index is 13.6. The molecule has 0 spiro atoms. The molecule has 0 saturated carbocycles. The molecule has 1 saturated heterocycles. The number of hydrogen-bond acceptors (Lipinski definition) is 5. The minimum absolute atomic E-state index is 0. The van der Waals surface area contributed by atoms with Crippen molar-refractivity contribution in [2.75, 3.05) is 25.0 Å². The molecule has 1 aromatic carbocycles. The van der Waals surface area contributed by atoms with Crippen LogP contribution in [-0.2, 0) is 11.2 Å². The molecule has 2 amide bonds. The Morgan fingerprint density at radius 2 is 2.00 bits per heavy atom. The zero-order valence-electron chi connectivity index (χ0n) is 13.7. The predicted octanol–water partition coefficient (Wildman–Crippen LogP) is 2.26. The fraction of sp³-hybridized carbons (Fsp3) is 0.312. The van der Waals surface area contributed by atoms with E-state index in [0.717, 1.165) is 13.1 Å². The number of hydrogen-bond donors (Lipinski definition) is 3. The lowest BCUT2D eigenvalue weighted by atomic mass is 10.0. The molecule has 1 fully saturated rings. The molecule has 6 nitrogen and oxygen atoms in total. The van der Waals surface area contributed by atoms with Crippen LogP contribution in [0, 0.1) is 11.7 Å². The van der Waals surface area contributed by atoms with Gasteiger partial charge in [-0.25, -0.2) is 9.37 Å². The van der Waals surface area contributed by atoms with Gasteiger partial charge in [-0.05, 0) is 12.1 Å². The van der Waals surface area contributed by atoms with Crippen molar-refractivity contribution in [1.82, 2.24) is 15.6 Å². The number of halogens is 3. The summed E-state index contributed by atoms with van der Waals surface area (Å²) in [7, 11) is 0. The first-order chi connectivity index (χ1) is 11.6. The van der Waals surface area contributed by atoms with Crippen LogP contribution in [0.1, 0.15) is 16.1 Å². The van der Waals surface area contributed by atoms with Crippen LogP contribution in [0.4, 0.5) is 9.52 Å². The monoisotopic (exact) mass is 420 g/mol. The van der Waals surface area contributed by atoms with Crippen LogP contribution >= 0.6 is 36.2 Å². The Morgan fingerprint density at radius 1 is 1.27 bits per heavy atom. The molecule has 3 rings (SSSR count). The molecule has 0 radical (unpaired) electrons. The quantitative estimate of drug-likeness (QED) is 0.668. The van der Waals surface area contributed by atoms with E-state index in [1.807, 2.05) is 0 Å². The van der Waals surface area contributed by atoms with Crippen molar-refractivity contribution in [1.29, 1.82) is 0 Å². The minimum atomic E-state index is -0.586. The highest BCUT2D eigenvalue weighted by molar-refractivity contribution is 7.14. The zero-order chi connectivity index (χ0) is 16.9. The summed E-state index contributed by atoms with van der Waals surface area (Å²) in [5.74, 6) is -0.744. The standard InChI is InChI=1S/C16H17FN4O2S.2ClH/c17-13-4-2-1-3-12(13)15(23)21-16-20-11(9-24-16)5-14(22)19-8-10-6-18-7-10;;/h1-4,9-10,18H,5-8H2,(H,19,22)(H,20,21,23);2*1H. The number of carbonyl (C=O) groups excluding carboxylic acids is 2. The number of anilines is 1. The van der Waals surface area contributed by atoms with Crippen molar-refractivity contribution in [3.8, 4) is 0 Å². The molecule has 0 bridgehead atoms. The van der Waals surface area contributed by atoms with Crippen molar-refractivity contribution in [3.63, 3.8) is 0 Å². The van der Waals surface area contributed by atoms with E-state index >= 15 is 0 Å². The number of amides is 2. The van der Waals surface area contributed by atoms with Gasteiger partial charge in [0.2, 0.25) is 5.91 Å². The lowest BCUT2D eigenvalue weighted by Gasteiger charge is -2.26. The highest BCUT2D eigenvalue weighted by atomic mass is 35.5. The van der Waals surface area contributed by atoms with Crippen LogP contribution in [-0.4, -0.2) is 36.4 Å². The van der Waals surface area contributed by atoms with E-state index < -0.39 is 11.7 Å². The Morgan fingerprint density at radius 3 is 2.65 bits per heavy atom. The van der Waals surface area contributed by atoms with E-state index in [1.165, 1.54) is 29.5 Å². The van der Waals surface area contributed by atoms with Crippen molar-refractivity contribution in [2.45, 2.75) is 6.42 Å². The zero-order valence-corrected chi connectivity index (χ0v) is 16.1. The molecular formula is C16H19Cl2FN4O2S. The topological polar surface area (TPSA) is 83.1 Å². The number of aromatic nitrogens is 1. The molecule has 1 aliphatic rings. The van der Waals surface area contributed by atoms with Crippen molar-refractivity contribution in [3.05, 3.63) is 46.7 Å². The van der Waals surface area contributed by atoms with Crippen LogP contribution in [0.25, 0.3) is 0 Å². The van der Waals surface area contributed by atoms with Crippen LogP contribution in [0.2, 0.25) is 0 Å². The summed E-state index contributed by atoms with van der Waals surface area (Å²) < 4.78 is 13.6. The summed E-state index contributed by atoms with van der Waals surface area (Å²) >= 11 is 1.20. The minimum Gasteiger partial charge on any atom is -0.355 e. The van der Waals surface area contributed by atoms with Crippen LogP contribution in [0.15, 0.2) is 29.6 Å². The van der Waals surface area contributed by atoms with Gasteiger partial charge in [-0.3, -0.25) is 14.9 Å². The first kappa shape index (κ1) is 22.3. The lowest BCUT2D eigenvalue weighted by molar-refractivity contribution is -0.120. The van der Waals surface area contributed by atoms with E-state index in [9.17, 15) is 14.0 Å². The molecule has 2 aromatic rings. The molecular weight excluding hydrogens is 402 g/mol. The maximum Gasteiger partial charge on any atom is 0.260 e. The average molecular weight is 421 g/mol. The van der Waals surface area contributed by atoms with Gasteiger partial charge in [0.15, 0.2) is 5.13 Å². The number of nitrogens with zero attached hydrogens (tertiary/aromatic N) is 1. The molecule has 3 N–H and O–H groups in total. The van der Waals surface area contributed by atoms with E-state index in [1.54, 1.807) is 11.4 Å². The third-order valence-corrected chi connectivity index (χ3v) is 4.49.